The van der Waals surface area contributed by atoms with Crippen molar-refractivity contribution in [1.29, 1.82) is 0 Å². The molecule has 1 heterocycles. The van der Waals surface area contributed by atoms with Crippen molar-refractivity contribution >= 4 is 44.9 Å². The number of Topliss-reactive ketones (excluding diaryl/α,β-unsaturated/α-hetero) is 2. The quantitative estimate of drug-likeness (QED) is 0.159. The Hall–Kier alpha value is -3.17. The van der Waals surface area contributed by atoms with Crippen LogP contribution in [0.4, 0.5) is 0 Å². The fourth-order valence-electron chi connectivity index (χ4n) is 6.91. The number of methoxy groups -OCH3 is 1. The fraction of sp³-hybridized carbons (Fsp3) is 0.389. The Morgan fingerprint density at radius 2 is 1.58 bits per heavy atom. The van der Waals surface area contributed by atoms with Gasteiger partial charge < -0.3 is 19.1 Å². The number of nitrogens with zero attached hydrogens (tertiary/aromatic N) is 1. The van der Waals surface area contributed by atoms with Crippen LogP contribution in [0, 0.1) is 3.57 Å². The zero-order valence-electron chi connectivity index (χ0n) is 24.9. The number of hydrogen-bond donors (Lipinski definition) is 0. The van der Waals surface area contributed by atoms with Gasteiger partial charge in [-0.25, -0.2) is 0 Å². The van der Waals surface area contributed by atoms with Crippen molar-refractivity contribution in [3.05, 3.63) is 91.8 Å². The van der Waals surface area contributed by atoms with Crippen LogP contribution in [0.15, 0.2) is 77.1 Å². The van der Waals surface area contributed by atoms with Crippen molar-refractivity contribution in [2.75, 3.05) is 26.9 Å². The van der Waals surface area contributed by atoms with Gasteiger partial charge in [-0.15, -0.1) is 0 Å². The zero-order chi connectivity index (χ0) is 29.9. The summed E-state index contributed by atoms with van der Waals surface area (Å²) >= 11 is 2.31. The van der Waals surface area contributed by atoms with E-state index in [1.807, 2.05) is 25.1 Å². The summed E-state index contributed by atoms with van der Waals surface area (Å²) in [6.07, 6.45) is 5.23. The SMILES string of the molecule is CCOc1cc(C2C3=C(CCCC3=O)N(CCCOC)C3=C2C(=O)CCC3)cc(I)c1OCc1cccc2ccccc12. The predicted octanol–water partition coefficient (Wildman–Crippen LogP) is 7.87. The lowest BCUT2D eigenvalue weighted by Gasteiger charge is -2.44. The van der Waals surface area contributed by atoms with E-state index in [1.165, 1.54) is 5.39 Å². The molecule has 3 aliphatic rings. The molecule has 224 valence electrons. The van der Waals surface area contributed by atoms with Gasteiger partial charge in [0.1, 0.15) is 6.61 Å². The van der Waals surface area contributed by atoms with E-state index in [4.69, 9.17) is 14.2 Å². The molecule has 3 aromatic rings. The Kier molecular flexibility index (Phi) is 9.19. The molecule has 43 heavy (non-hydrogen) atoms. The van der Waals surface area contributed by atoms with E-state index >= 15 is 0 Å². The third kappa shape index (κ3) is 5.86. The van der Waals surface area contributed by atoms with Crippen LogP contribution in [-0.4, -0.2) is 43.3 Å². The summed E-state index contributed by atoms with van der Waals surface area (Å²) in [4.78, 5) is 29.7. The van der Waals surface area contributed by atoms with Gasteiger partial charge in [-0.2, -0.15) is 0 Å². The van der Waals surface area contributed by atoms with Gasteiger partial charge in [0.2, 0.25) is 0 Å². The molecule has 3 aromatic carbocycles. The first kappa shape index (κ1) is 29.9. The van der Waals surface area contributed by atoms with E-state index in [9.17, 15) is 9.59 Å². The molecule has 0 bridgehead atoms. The number of fused-ring (bicyclic) bond motifs is 1. The highest BCUT2D eigenvalue weighted by Gasteiger charge is 2.43. The maximum Gasteiger partial charge on any atom is 0.174 e. The molecule has 2 aliphatic carbocycles. The van der Waals surface area contributed by atoms with Crippen LogP contribution in [0.25, 0.3) is 10.8 Å². The molecule has 0 atom stereocenters. The van der Waals surface area contributed by atoms with E-state index < -0.39 is 0 Å². The lowest BCUT2D eigenvalue weighted by molar-refractivity contribution is -0.117. The minimum atomic E-state index is -0.385. The van der Waals surface area contributed by atoms with Gasteiger partial charge in [0.15, 0.2) is 23.1 Å². The standard InChI is InChI=1S/C36H38INO5/c1-3-42-32-21-25(20-27(37)36(32)43-22-24-12-6-11-23-10-4-5-13-26(23)24)33-34-28(14-7-16-30(34)39)38(18-9-19-41-2)29-15-8-17-31(40)35(29)33/h4-6,10-13,20-21,33H,3,7-9,14-19,22H2,1-2H3. The molecule has 0 aromatic heterocycles. The Morgan fingerprint density at radius 3 is 2.28 bits per heavy atom. The molecule has 0 unspecified atom stereocenters. The van der Waals surface area contributed by atoms with Gasteiger partial charge in [-0.05, 0) is 95.7 Å². The second kappa shape index (κ2) is 13.2. The summed E-state index contributed by atoms with van der Waals surface area (Å²) in [5.41, 5.74) is 5.80. The summed E-state index contributed by atoms with van der Waals surface area (Å²) < 4.78 is 18.9. The van der Waals surface area contributed by atoms with Crippen LogP contribution < -0.4 is 9.47 Å². The van der Waals surface area contributed by atoms with Gasteiger partial charge in [0, 0.05) is 61.6 Å². The molecule has 0 spiro atoms. The number of hydrogen-bond acceptors (Lipinski definition) is 6. The van der Waals surface area contributed by atoms with Crippen LogP contribution in [0.3, 0.4) is 0 Å². The number of allylic oxidation sites excluding steroid dienone is 4. The van der Waals surface area contributed by atoms with Crippen molar-refractivity contribution < 1.29 is 23.8 Å². The van der Waals surface area contributed by atoms with E-state index in [0.717, 1.165) is 81.3 Å². The number of carbonyl (C=O) groups excluding carboxylic acids is 2. The minimum Gasteiger partial charge on any atom is -0.490 e. The monoisotopic (exact) mass is 691 g/mol. The summed E-state index contributed by atoms with van der Waals surface area (Å²) in [5, 5.41) is 2.34. The third-order valence-corrected chi connectivity index (χ3v) is 9.53. The first-order chi connectivity index (χ1) is 21.0. The van der Waals surface area contributed by atoms with E-state index in [-0.39, 0.29) is 17.5 Å². The van der Waals surface area contributed by atoms with Crippen LogP contribution in [0.2, 0.25) is 0 Å². The minimum absolute atomic E-state index is 0.150. The van der Waals surface area contributed by atoms with Crippen molar-refractivity contribution in [2.45, 2.75) is 64.4 Å². The Labute approximate surface area is 267 Å². The van der Waals surface area contributed by atoms with Gasteiger partial charge >= 0.3 is 0 Å². The molecule has 0 saturated carbocycles. The molecule has 0 N–H and O–H groups in total. The first-order valence-electron chi connectivity index (χ1n) is 15.4. The first-order valence-corrected chi connectivity index (χ1v) is 16.4. The smallest absolute Gasteiger partial charge is 0.174 e. The van der Waals surface area contributed by atoms with Crippen LogP contribution >= 0.6 is 22.6 Å². The van der Waals surface area contributed by atoms with Crippen molar-refractivity contribution in [1.82, 2.24) is 4.90 Å². The largest absolute Gasteiger partial charge is 0.490 e. The second-order valence-electron chi connectivity index (χ2n) is 11.4. The summed E-state index contributed by atoms with van der Waals surface area (Å²) in [6.45, 7) is 4.23. The number of ether oxygens (including phenoxy) is 3. The molecular weight excluding hydrogens is 653 g/mol. The van der Waals surface area contributed by atoms with E-state index in [0.29, 0.717) is 44.2 Å². The molecule has 7 heteroatoms. The number of rotatable bonds is 10. The third-order valence-electron chi connectivity index (χ3n) is 8.73. The molecule has 6 nitrogen and oxygen atoms in total. The van der Waals surface area contributed by atoms with Crippen molar-refractivity contribution in [3.8, 4) is 11.5 Å². The highest BCUT2D eigenvalue weighted by molar-refractivity contribution is 14.1. The average Bonchev–Trinajstić information content (AvgIpc) is 3.01. The van der Waals surface area contributed by atoms with Gasteiger partial charge in [0.25, 0.3) is 0 Å². The number of carbonyl (C=O) groups is 2. The molecule has 6 rings (SSSR count). The molecule has 0 fully saturated rings. The van der Waals surface area contributed by atoms with Crippen LogP contribution in [0.5, 0.6) is 11.5 Å². The lowest BCUT2D eigenvalue weighted by Crippen LogP contribution is -2.39. The highest BCUT2D eigenvalue weighted by Crippen LogP contribution is 2.50. The molecule has 0 radical (unpaired) electrons. The maximum absolute atomic E-state index is 13.7. The Balaban J connectivity index is 1.42. The average molecular weight is 692 g/mol. The Bertz CT molecular complexity index is 1570. The van der Waals surface area contributed by atoms with Crippen molar-refractivity contribution in [2.24, 2.45) is 0 Å². The zero-order valence-corrected chi connectivity index (χ0v) is 27.1. The summed E-state index contributed by atoms with van der Waals surface area (Å²) in [6, 6.07) is 18.7. The maximum atomic E-state index is 13.7. The fourth-order valence-corrected chi connectivity index (χ4v) is 7.69. The Morgan fingerprint density at radius 1 is 0.884 bits per heavy atom. The number of ketones is 2. The lowest BCUT2D eigenvalue weighted by atomic mass is 9.71. The molecule has 0 amide bonds. The normalized spacial score (nSPS) is 17.4. The molecule has 0 saturated heterocycles. The molecule has 1 aliphatic heterocycles. The van der Waals surface area contributed by atoms with Crippen molar-refractivity contribution in [3.63, 3.8) is 0 Å². The highest BCUT2D eigenvalue weighted by atomic mass is 127. The number of halogens is 1. The van der Waals surface area contributed by atoms with Gasteiger partial charge in [0.05, 0.1) is 10.2 Å². The van der Waals surface area contributed by atoms with Crippen LogP contribution in [0.1, 0.15) is 68.9 Å². The van der Waals surface area contributed by atoms with E-state index in [2.05, 4.69) is 63.9 Å². The number of benzene rings is 3. The molecular formula is C36H38INO5. The predicted molar refractivity (Wildman–Crippen MR) is 176 cm³/mol. The van der Waals surface area contributed by atoms with Gasteiger partial charge in [-0.3, -0.25) is 9.59 Å². The van der Waals surface area contributed by atoms with E-state index in [1.54, 1.807) is 7.11 Å². The summed E-state index contributed by atoms with van der Waals surface area (Å²) in [7, 11) is 1.71. The van der Waals surface area contributed by atoms with Gasteiger partial charge in [-0.1, -0.05) is 42.5 Å². The topological polar surface area (TPSA) is 65.1 Å². The second-order valence-corrected chi connectivity index (χ2v) is 12.6. The van der Waals surface area contributed by atoms with Crippen LogP contribution in [-0.2, 0) is 20.9 Å². The summed E-state index contributed by atoms with van der Waals surface area (Å²) in [5.74, 6) is 1.24.